The molecule has 0 radical (unpaired) electrons. The molecule has 0 saturated carbocycles. The number of carbonyl (C=O) groups is 1. The molecular formula is C11H11F2NO2. The minimum atomic E-state index is -0.648. The van der Waals surface area contributed by atoms with E-state index >= 15 is 0 Å². The van der Waals surface area contributed by atoms with E-state index in [2.05, 4.69) is 0 Å². The van der Waals surface area contributed by atoms with Crippen molar-refractivity contribution in [2.75, 3.05) is 13.3 Å². The van der Waals surface area contributed by atoms with E-state index in [1.54, 1.807) is 0 Å². The molecule has 5 heteroatoms. The van der Waals surface area contributed by atoms with Gasteiger partial charge in [0.25, 0.3) is 0 Å². The van der Waals surface area contributed by atoms with Gasteiger partial charge in [-0.25, -0.2) is 8.78 Å². The fourth-order valence-electron chi connectivity index (χ4n) is 1.94. The Labute approximate surface area is 91.3 Å². The van der Waals surface area contributed by atoms with E-state index in [1.807, 2.05) is 0 Å². The topological polar surface area (TPSA) is 40.5 Å². The van der Waals surface area contributed by atoms with Gasteiger partial charge in [-0.15, -0.1) is 0 Å². The van der Waals surface area contributed by atoms with Crippen molar-refractivity contribution < 1.29 is 18.7 Å². The zero-order chi connectivity index (χ0) is 11.7. The fraction of sp³-hybridized carbons (Fsp3) is 0.364. The van der Waals surface area contributed by atoms with E-state index in [9.17, 15) is 13.6 Å². The smallest absolute Gasteiger partial charge is 0.225 e. The summed E-state index contributed by atoms with van der Waals surface area (Å²) in [5.41, 5.74) is 0.460. The van der Waals surface area contributed by atoms with E-state index in [0.717, 1.165) is 6.07 Å². The first-order valence-corrected chi connectivity index (χ1v) is 4.95. The molecule has 2 rings (SSSR count). The van der Waals surface area contributed by atoms with Crippen LogP contribution in [0.2, 0.25) is 0 Å². The third kappa shape index (κ3) is 2.04. The number of likely N-dealkylation sites (tertiary alicyclic amines) is 1. The summed E-state index contributed by atoms with van der Waals surface area (Å²) in [6, 6.07) is 3.24. The molecule has 16 heavy (non-hydrogen) atoms. The monoisotopic (exact) mass is 227 g/mol. The summed E-state index contributed by atoms with van der Waals surface area (Å²) in [5, 5.41) is 8.87. The first kappa shape index (κ1) is 11.0. The third-order valence-electron chi connectivity index (χ3n) is 2.74. The minimum Gasteiger partial charge on any atom is -0.376 e. The van der Waals surface area contributed by atoms with Crippen molar-refractivity contribution in [1.29, 1.82) is 0 Å². The largest absolute Gasteiger partial charge is 0.376 e. The summed E-state index contributed by atoms with van der Waals surface area (Å²) in [5.74, 6) is -1.74. The van der Waals surface area contributed by atoms with Crippen LogP contribution < -0.4 is 0 Å². The molecule has 1 N–H and O–H groups in total. The van der Waals surface area contributed by atoms with Gasteiger partial charge in [0.2, 0.25) is 5.91 Å². The van der Waals surface area contributed by atoms with Crippen molar-refractivity contribution in [2.24, 2.45) is 0 Å². The van der Waals surface area contributed by atoms with Crippen LogP contribution in [0.25, 0.3) is 0 Å². The lowest BCUT2D eigenvalue weighted by atomic mass is 9.98. The molecule has 0 aromatic heterocycles. The average molecular weight is 227 g/mol. The van der Waals surface area contributed by atoms with Gasteiger partial charge < -0.3 is 10.0 Å². The summed E-state index contributed by atoms with van der Waals surface area (Å²) >= 11 is 0. The normalized spacial score (nSPS) is 20.6. The zero-order valence-electron chi connectivity index (χ0n) is 8.49. The molecule has 1 aromatic carbocycles. The summed E-state index contributed by atoms with van der Waals surface area (Å²) in [6.07, 6.45) is 0.184. The highest BCUT2D eigenvalue weighted by Gasteiger charge is 2.30. The number of benzene rings is 1. The number of amides is 1. The maximum atomic E-state index is 13.0. The highest BCUT2D eigenvalue weighted by molar-refractivity contribution is 5.79. The third-order valence-corrected chi connectivity index (χ3v) is 2.74. The van der Waals surface area contributed by atoms with Crippen molar-refractivity contribution in [3.63, 3.8) is 0 Å². The second-order valence-corrected chi connectivity index (χ2v) is 3.86. The van der Waals surface area contributed by atoms with Crippen molar-refractivity contribution in [3.8, 4) is 0 Å². The molecule has 0 bridgehead atoms. The number of hydrogen-bond donors (Lipinski definition) is 1. The highest BCUT2D eigenvalue weighted by atomic mass is 19.1. The molecule has 1 aromatic rings. The Morgan fingerprint density at radius 2 is 1.94 bits per heavy atom. The Bertz CT molecular complexity index is 402. The van der Waals surface area contributed by atoms with Crippen molar-refractivity contribution in [3.05, 3.63) is 35.4 Å². The van der Waals surface area contributed by atoms with Crippen LogP contribution in [-0.4, -0.2) is 29.2 Å². The molecule has 0 unspecified atom stereocenters. The molecule has 1 aliphatic rings. The van der Waals surface area contributed by atoms with Crippen molar-refractivity contribution >= 4 is 5.91 Å². The van der Waals surface area contributed by atoms with Crippen LogP contribution in [0.5, 0.6) is 0 Å². The van der Waals surface area contributed by atoms with Crippen LogP contribution in [0.1, 0.15) is 17.9 Å². The van der Waals surface area contributed by atoms with Gasteiger partial charge in [-0.2, -0.15) is 0 Å². The molecule has 3 nitrogen and oxygen atoms in total. The Morgan fingerprint density at radius 3 is 2.44 bits per heavy atom. The Hall–Kier alpha value is -1.49. The standard InChI is InChI=1S/C11H11F2NO2/c12-9-1-7(2-10(13)4-9)8-3-11(16)14(5-8)6-15/h1-2,4,8,15H,3,5-6H2/t8-/m1/s1. The lowest BCUT2D eigenvalue weighted by molar-refractivity contribution is -0.130. The van der Waals surface area contributed by atoms with E-state index < -0.39 is 11.6 Å². The van der Waals surface area contributed by atoms with Crippen LogP contribution in [0, 0.1) is 11.6 Å². The van der Waals surface area contributed by atoms with E-state index in [0.29, 0.717) is 12.1 Å². The van der Waals surface area contributed by atoms with E-state index in [-0.39, 0.29) is 25.0 Å². The van der Waals surface area contributed by atoms with Gasteiger partial charge in [-0.3, -0.25) is 4.79 Å². The lowest BCUT2D eigenvalue weighted by Crippen LogP contribution is -2.25. The molecule has 86 valence electrons. The number of rotatable bonds is 2. The summed E-state index contributed by atoms with van der Waals surface area (Å²) < 4.78 is 25.9. The van der Waals surface area contributed by atoms with Gasteiger partial charge in [-0.05, 0) is 17.7 Å². The summed E-state index contributed by atoms with van der Waals surface area (Å²) in [7, 11) is 0. The predicted octanol–water partition coefficient (Wildman–Crippen LogP) is 1.23. The predicted molar refractivity (Wildman–Crippen MR) is 52.5 cm³/mol. The lowest BCUT2D eigenvalue weighted by Gasteiger charge is -2.13. The highest BCUT2D eigenvalue weighted by Crippen LogP contribution is 2.28. The van der Waals surface area contributed by atoms with Crippen LogP contribution >= 0.6 is 0 Å². The van der Waals surface area contributed by atoms with Crippen LogP contribution in [0.15, 0.2) is 18.2 Å². The fourth-order valence-corrected chi connectivity index (χ4v) is 1.94. The summed E-state index contributed by atoms with van der Waals surface area (Å²) in [4.78, 5) is 12.6. The number of halogens is 2. The van der Waals surface area contributed by atoms with Gasteiger partial charge >= 0.3 is 0 Å². The maximum absolute atomic E-state index is 13.0. The average Bonchev–Trinajstić information content (AvgIpc) is 2.58. The van der Waals surface area contributed by atoms with Crippen molar-refractivity contribution in [1.82, 2.24) is 4.90 Å². The SMILES string of the molecule is O=C1C[C@@H](c2cc(F)cc(F)c2)CN1CO. The molecule has 1 atom stereocenters. The number of hydrogen-bond acceptors (Lipinski definition) is 2. The number of aliphatic hydroxyl groups excluding tert-OH is 1. The first-order chi connectivity index (χ1) is 7.60. The Morgan fingerprint density at radius 1 is 1.31 bits per heavy atom. The Kier molecular flexibility index (Phi) is 2.87. The maximum Gasteiger partial charge on any atom is 0.225 e. The molecule has 1 fully saturated rings. The van der Waals surface area contributed by atoms with Crippen molar-refractivity contribution in [2.45, 2.75) is 12.3 Å². The molecule has 1 amide bonds. The quantitative estimate of drug-likeness (QED) is 0.825. The molecule has 0 spiro atoms. The van der Waals surface area contributed by atoms with Gasteiger partial charge in [0, 0.05) is 24.9 Å². The zero-order valence-corrected chi connectivity index (χ0v) is 8.49. The second-order valence-electron chi connectivity index (χ2n) is 3.86. The van der Waals surface area contributed by atoms with Gasteiger partial charge in [0.1, 0.15) is 18.4 Å². The number of aliphatic hydroxyl groups is 1. The number of carbonyl (C=O) groups excluding carboxylic acids is 1. The van der Waals surface area contributed by atoms with Crippen LogP contribution in [0.4, 0.5) is 8.78 Å². The molecule has 1 heterocycles. The summed E-state index contributed by atoms with van der Waals surface area (Å²) in [6.45, 7) is -0.0502. The second kappa shape index (κ2) is 4.17. The van der Waals surface area contributed by atoms with Crippen LogP contribution in [0.3, 0.4) is 0 Å². The van der Waals surface area contributed by atoms with E-state index in [4.69, 9.17) is 5.11 Å². The minimum absolute atomic E-state index is 0.184. The van der Waals surface area contributed by atoms with Crippen LogP contribution in [-0.2, 0) is 4.79 Å². The van der Waals surface area contributed by atoms with E-state index in [1.165, 1.54) is 17.0 Å². The first-order valence-electron chi connectivity index (χ1n) is 4.95. The molecule has 1 aliphatic heterocycles. The van der Waals surface area contributed by atoms with Gasteiger partial charge in [0.15, 0.2) is 0 Å². The van der Waals surface area contributed by atoms with Gasteiger partial charge in [-0.1, -0.05) is 0 Å². The molecular weight excluding hydrogens is 216 g/mol. The molecule has 0 aliphatic carbocycles. The van der Waals surface area contributed by atoms with Gasteiger partial charge in [0.05, 0.1) is 0 Å². The number of nitrogens with zero attached hydrogens (tertiary/aromatic N) is 1. The Balaban J connectivity index is 2.23. The molecule has 1 saturated heterocycles.